The molecular formula is C38H55F3O9SSi. The number of halogens is 3. The average molecular weight is 773 g/mol. The van der Waals surface area contributed by atoms with Crippen molar-refractivity contribution in [3.8, 4) is 0 Å². The van der Waals surface area contributed by atoms with Crippen molar-refractivity contribution in [2.75, 3.05) is 13.2 Å². The first-order valence-corrected chi connectivity index (χ1v) is 22.4. The summed E-state index contributed by atoms with van der Waals surface area (Å²) in [6.45, 7) is 14.8. The number of hydrogen-bond donors (Lipinski definition) is 0. The molecular weight excluding hydrogens is 718 g/mol. The Balaban J connectivity index is 1.36. The minimum Gasteiger partial charge on any atom is -0.411 e. The minimum atomic E-state index is -5.83. The molecule has 2 aromatic carbocycles. The Labute approximate surface area is 308 Å². The molecule has 0 aliphatic carbocycles. The van der Waals surface area contributed by atoms with Crippen molar-refractivity contribution in [1.29, 1.82) is 0 Å². The fourth-order valence-corrected chi connectivity index (χ4v) is 8.86. The fourth-order valence-electron chi connectivity index (χ4n) is 7.05. The fraction of sp³-hybridized carbons (Fsp3) is 0.684. The molecule has 8 atom stereocenters. The van der Waals surface area contributed by atoms with E-state index in [0.29, 0.717) is 51.9 Å². The van der Waals surface area contributed by atoms with Gasteiger partial charge in [0.05, 0.1) is 61.5 Å². The van der Waals surface area contributed by atoms with E-state index in [4.69, 9.17) is 28.1 Å². The summed E-state index contributed by atoms with van der Waals surface area (Å²) in [6.07, 6.45) is -1.16. The predicted octanol–water partition coefficient (Wildman–Crippen LogP) is 8.08. The third-order valence-electron chi connectivity index (χ3n) is 11.2. The molecule has 52 heavy (non-hydrogen) atoms. The highest BCUT2D eigenvalue weighted by Gasteiger charge is 2.57. The first-order chi connectivity index (χ1) is 24.2. The monoisotopic (exact) mass is 772 g/mol. The van der Waals surface area contributed by atoms with E-state index in [1.165, 1.54) is 0 Å². The van der Waals surface area contributed by atoms with Crippen LogP contribution in [0.3, 0.4) is 0 Å². The van der Waals surface area contributed by atoms with Gasteiger partial charge in [-0.3, -0.25) is 4.18 Å². The Morgan fingerprint density at radius 3 is 2.10 bits per heavy atom. The molecule has 0 radical (unpaired) electrons. The van der Waals surface area contributed by atoms with E-state index < -0.39 is 72.3 Å². The number of ether oxygens (including phenoxy) is 5. The second-order valence-corrected chi connectivity index (χ2v) is 22.7. The lowest BCUT2D eigenvalue weighted by atomic mass is 9.79. The lowest BCUT2D eigenvalue weighted by molar-refractivity contribution is -0.294. The number of rotatable bonds is 13. The Morgan fingerprint density at radius 1 is 0.885 bits per heavy atom. The molecule has 0 unspecified atom stereocenters. The summed E-state index contributed by atoms with van der Waals surface area (Å²) in [5, 5.41) is -0.230. The summed E-state index contributed by atoms with van der Waals surface area (Å²) in [7, 11) is -8.32. The molecule has 14 heteroatoms. The van der Waals surface area contributed by atoms with Crippen LogP contribution in [0.4, 0.5) is 13.2 Å². The van der Waals surface area contributed by atoms with E-state index in [9.17, 15) is 21.6 Å². The van der Waals surface area contributed by atoms with Crippen LogP contribution in [-0.4, -0.2) is 83.3 Å². The molecule has 3 fully saturated rings. The SMILES string of the molecule is CC(C)(C)[Si](C)(C)O[C@H]1C[C@H]2O[C@H]3C[C@@H](OCc4ccccc4)[C@](C)(CCOCc4ccccc4)O[C@]3(C)CC[C@@H]2O[C@@H]1COS(=O)(=O)C(F)(F)F. The number of benzene rings is 2. The second-order valence-electron chi connectivity index (χ2n) is 16.3. The summed E-state index contributed by atoms with van der Waals surface area (Å²) in [5.74, 6) is 0. The summed E-state index contributed by atoms with van der Waals surface area (Å²) < 4.78 is 108. The van der Waals surface area contributed by atoms with Crippen LogP contribution >= 0.6 is 0 Å². The molecule has 3 saturated heterocycles. The second kappa shape index (κ2) is 16.1. The molecule has 0 saturated carbocycles. The largest absolute Gasteiger partial charge is 0.523 e. The van der Waals surface area contributed by atoms with Gasteiger partial charge in [0, 0.05) is 25.9 Å². The van der Waals surface area contributed by atoms with Crippen LogP contribution in [-0.2, 0) is 55.6 Å². The zero-order valence-corrected chi connectivity index (χ0v) is 33.1. The lowest BCUT2D eigenvalue weighted by Gasteiger charge is -2.53. The van der Waals surface area contributed by atoms with Gasteiger partial charge >= 0.3 is 15.6 Å². The summed E-state index contributed by atoms with van der Waals surface area (Å²) >= 11 is 0. The van der Waals surface area contributed by atoms with Gasteiger partial charge < -0.3 is 28.1 Å². The maximum atomic E-state index is 13.2. The zero-order valence-electron chi connectivity index (χ0n) is 31.3. The van der Waals surface area contributed by atoms with Gasteiger partial charge in [0.15, 0.2) is 8.32 Å². The van der Waals surface area contributed by atoms with Gasteiger partial charge in [-0.15, -0.1) is 0 Å². The van der Waals surface area contributed by atoms with Crippen LogP contribution in [0.25, 0.3) is 0 Å². The number of alkyl halides is 3. The van der Waals surface area contributed by atoms with E-state index in [1.54, 1.807) is 0 Å². The van der Waals surface area contributed by atoms with Crippen molar-refractivity contribution in [2.24, 2.45) is 0 Å². The Hall–Kier alpha value is -1.88. The van der Waals surface area contributed by atoms with Gasteiger partial charge in [-0.2, -0.15) is 21.6 Å². The van der Waals surface area contributed by atoms with Gasteiger partial charge in [-0.1, -0.05) is 81.4 Å². The molecule has 0 amide bonds. The molecule has 2 aromatic rings. The molecule has 9 nitrogen and oxygen atoms in total. The minimum absolute atomic E-state index is 0.230. The van der Waals surface area contributed by atoms with E-state index in [-0.39, 0.29) is 11.1 Å². The van der Waals surface area contributed by atoms with Gasteiger partial charge in [0.1, 0.15) is 6.10 Å². The Morgan fingerprint density at radius 2 is 1.50 bits per heavy atom. The molecule has 5 rings (SSSR count). The summed E-state index contributed by atoms with van der Waals surface area (Å²) in [5.41, 5.74) is -4.91. The van der Waals surface area contributed by atoms with E-state index in [1.807, 2.05) is 80.7 Å². The molecule has 3 heterocycles. The molecule has 0 N–H and O–H groups in total. The van der Waals surface area contributed by atoms with Crippen molar-refractivity contribution in [2.45, 2.75) is 151 Å². The van der Waals surface area contributed by atoms with Gasteiger partial charge in [0.25, 0.3) is 0 Å². The van der Waals surface area contributed by atoms with Crippen LogP contribution in [0.5, 0.6) is 0 Å². The predicted molar refractivity (Wildman–Crippen MR) is 192 cm³/mol. The van der Waals surface area contributed by atoms with Crippen molar-refractivity contribution < 1.29 is 53.9 Å². The first kappa shape index (κ1) is 41.3. The van der Waals surface area contributed by atoms with Gasteiger partial charge in [-0.05, 0) is 55.9 Å². The van der Waals surface area contributed by atoms with E-state index >= 15 is 0 Å². The Kier molecular flexibility index (Phi) is 12.8. The lowest BCUT2D eigenvalue weighted by Crippen LogP contribution is -2.62. The smallest absolute Gasteiger partial charge is 0.411 e. The maximum Gasteiger partial charge on any atom is 0.523 e. The van der Waals surface area contributed by atoms with Crippen molar-refractivity contribution >= 4 is 18.4 Å². The third kappa shape index (κ3) is 9.85. The standard InChI is InChI=1S/C38H55F3O9SSi/c1-35(2,3)52(6,7)49-31-22-30-29(47-32(31)26-46-51(42,43)38(39,40)41)18-19-36(4)34(48-30)23-33(45-25-28-16-12-9-13-17-28)37(5,50-36)20-21-44-24-27-14-10-8-11-15-27/h8-17,29-34H,18-26H2,1-7H3/t29-,30+,31-,32+,33+,34-,36+,37-/m0/s1. The molecule has 3 aliphatic heterocycles. The van der Waals surface area contributed by atoms with Crippen LogP contribution in [0.1, 0.15) is 77.8 Å². The van der Waals surface area contributed by atoms with Gasteiger partial charge in [-0.25, -0.2) is 0 Å². The molecule has 292 valence electrons. The normalized spacial score (nSPS) is 31.7. The van der Waals surface area contributed by atoms with Crippen molar-refractivity contribution in [1.82, 2.24) is 0 Å². The summed E-state index contributed by atoms with van der Waals surface area (Å²) in [6, 6.07) is 19.9. The maximum absolute atomic E-state index is 13.2. The highest BCUT2D eigenvalue weighted by molar-refractivity contribution is 7.87. The number of hydrogen-bond acceptors (Lipinski definition) is 9. The Bertz CT molecular complexity index is 1560. The highest BCUT2D eigenvalue weighted by atomic mass is 32.2. The van der Waals surface area contributed by atoms with Crippen LogP contribution in [0.15, 0.2) is 60.7 Å². The average Bonchev–Trinajstić information content (AvgIpc) is 3.19. The topological polar surface area (TPSA) is 98.8 Å². The van der Waals surface area contributed by atoms with Crippen molar-refractivity contribution in [3.63, 3.8) is 0 Å². The third-order valence-corrected chi connectivity index (χ3v) is 16.8. The molecule has 3 aliphatic rings. The van der Waals surface area contributed by atoms with Crippen LogP contribution in [0.2, 0.25) is 18.1 Å². The molecule has 0 bridgehead atoms. The van der Waals surface area contributed by atoms with E-state index in [0.717, 1.165) is 11.1 Å². The van der Waals surface area contributed by atoms with E-state index in [2.05, 4.69) is 31.9 Å². The molecule has 0 spiro atoms. The van der Waals surface area contributed by atoms with Crippen molar-refractivity contribution in [3.05, 3.63) is 71.8 Å². The first-order valence-electron chi connectivity index (χ1n) is 18.1. The van der Waals surface area contributed by atoms with Crippen LogP contribution < -0.4 is 0 Å². The molecule has 0 aromatic heterocycles. The van der Waals surface area contributed by atoms with Crippen LogP contribution in [0, 0.1) is 0 Å². The highest BCUT2D eigenvalue weighted by Crippen LogP contribution is 2.48. The number of fused-ring (bicyclic) bond motifs is 2. The zero-order chi connectivity index (χ0) is 38.0. The quantitative estimate of drug-likeness (QED) is 0.0867. The van der Waals surface area contributed by atoms with Gasteiger partial charge in [0.2, 0.25) is 0 Å². The summed E-state index contributed by atoms with van der Waals surface area (Å²) in [4.78, 5) is 0.